The minimum Gasteiger partial charge on any atom is -0.508 e. The summed E-state index contributed by atoms with van der Waals surface area (Å²) in [6.45, 7) is 0. The van der Waals surface area contributed by atoms with Gasteiger partial charge in [0.1, 0.15) is 5.75 Å². The number of benzene rings is 2. The van der Waals surface area contributed by atoms with Gasteiger partial charge in [-0.1, -0.05) is 42.5 Å². The monoisotopic (exact) mass is 328 g/mol. The van der Waals surface area contributed by atoms with E-state index in [0.717, 1.165) is 11.1 Å². The number of carbonyl (C=O) groups is 1. The standard InChI is InChI=1S/C19H24N2O3/c20-17(11-13-4-2-1-3-5-13)18(23)12-15(19(21)24)10-14-6-8-16(22)9-7-14/h1-9,15,17-18,22-23H,10-12,20H2,(H2,21,24). The molecule has 0 aliphatic rings. The van der Waals surface area contributed by atoms with Gasteiger partial charge >= 0.3 is 0 Å². The van der Waals surface area contributed by atoms with Crippen LogP contribution in [0.5, 0.6) is 5.75 Å². The molecule has 0 bridgehead atoms. The Balaban J connectivity index is 1.96. The molecule has 5 nitrogen and oxygen atoms in total. The normalized spacial score (nSPS) is 14.8. The minimum atomic E-state index is -0.820. The molecule has 0 radical (unpaired) electrons. The van der Waals surface area contributed by atoms with E-state index in [2.05, 4.69) is 0 Å². The molecule has 0 spiro atoms. The molecule has 2 aromatic carbocycles. The van der Waals surface area contributed by atoms with Crippen molar-refractivity contribution in [1.29, 1.82) is 0 Å². The lowest BCUT2D eigenvalue weighted by atomic mass is 9.89. The topological polar surface area (TPSA) is 110 Å². The lowest BCUT2D eigenvalue weighted by Crippen LogP contribution is -2.40. The Morgan fingerprint density at radius 2 is 1.54 bits per heavy atom. The molecule has 2 aromatic rings. The summed E-state index contributed by atoms with van der Waals surface area (Å²) in [4.78, 5) is 11.7. The number of carbonyl (C=O) groups excluding carboxylic acids is 1. The number of nitrogens with two attached hydrogens (primary N) is 2. The predicted molar refractivity (Wildman–Crippen MR) is 93.2 cm³/mol. The van der Waals surface area contributed by atoms with E-state index in [1.807, 2.05) is 30.3 Å². The van der Waals surface area contributed by atoms with Gasteiger partial charge in [-0.05, 0) is 42.5 Å². The first-order valence-electron chi connectivity index (χ1n) is 8.00. The van der Waals surface area contributed by atoms with Crippen molar-refractivity contribution in [1.82, 2.24) is 0 Å². The van der Waals surface area contributed by atoms with Crippen LogP contribution in [0.15, 0.2) is 54.6 Å². The lowest BCUT2D eigenvalue weighted by Gasteiger charge is -2.23. The Hall–Kier alpha value is -2.37. The number of hydrogen-bond donors (Lipinski definition) is 4. The molecule has 2 rings (SSSR count). The SMILES string of the molecule is NC(=O)C(Cc1ccc(O)cc1)CC(O)C(N)Cc1ccccc1. The minimum absolute atomic E-state index is 0.166. The molecule has 0 fully saturated rings. The van der Waals surface area contributed by atoms with Gasteiger partial charge in [0.15, 0.2) is 0 Å². The molecule has 24 heavy (non-hydrogen) atoms. The zero-order valence-electron chi connectivity index (χ0n) is 13.5. The van der Waals surface area contributed by atoms with Crippen molar-refractivity contribution in [2.75, 3.05) is 0 Å². The van der Waals surface area contributed by atoms with E-state index in [9.17, 15) is 15.0 Å². The van der Waals surface area contributed by atoms with Crippen LogP contribution in [0.2, 0.25) is 0 Å². The van der Waals surface area contributed by atoms with Gasteiger partial charge in [-0.15, -0.1) is 0 Å². The fourth-order valence-electron chi connectivity index (χ4n) is 2.71. The number of amides is 1. The number of phenols is 1. The molecule has 0 aliphatic heterocycles. The van der Waals surface area contributed by atoms with E-state index in [4.69, 9.17) is 11.5 Å². The van der Waals surface area contributed by atoms with Crippen LogP contribution >= 0.6 is 0 Å². The maximum absolute atomic E-state index is 11.7. The van der Waals surface area contributed by atoms with Crippen LogP contribution in [0, 0.1) is 5.92 Å². The molecule has 128 valence electrons. The van der Waals surface area contributed by atoms with Gasteiger partial charge in [0.05, 0.1) is 6.10 Å². The Labute approximate surface area is 141 Å². The van der Waals surface area contributed by atoms with Crippen LogP contribution in [-0.2, 0) is 17.6 Å². The summed E-state index contributed by atoms with van der Waals surface area (Å²) < 4.78 is 0. The zero-order valence-corrected chi connectivity index (χ0v) is 13.5. The summed E-state index contributed by atoms with van der Waals surface area (Å²) in [5.74, 6) is -0.806. The fraction of sp³-hybridized carbons (Fsp3) is 0.316. The number of phenolic OH excluding ortho intramolecular Hbond substituents is 1. The van der Waals surface area contributed by atoms with Crippen LogP contribution in [0.3, 0.4) is 0 Å². The Morgan fingerprint density at radius 3 is 2.12 bits per heavy atom. The second-order valence-corrected chi connectivity index (χ2v) is 6.13. The lowest BCUT2D eigenvalue weighted by molar-refractivity contribution is -0.122. The van der Waals surface area contributed by atoms with Crippen LogP contribution in [0.1, 0.15) is 17.5 Å². The molecule has 3 unspecified atom stereocenters. The van der Waals surface area contributed by atoms with Gasteiger partial charge in [-0.3, -0.25) is 4.79 Å². The van der Waals surface area contributed by atoms with Crippen LogP contribution < -0.4 is 11.5 Å². The molecule has 0 aliphatic carbocycles. The Bertz CT molecular complexity index is 643. The van der Waals surface area contributed by atoms with E-state index >= 15 is 0 Å². The molecule has 3 atom stereocenters. The summed E-state index contributed by atoms with van der Waals surface area (Å²) in [5.41, 5.74) is 13.5. The van der Waals surface area contributed by atoms with E-state index in [0.29, 0.717) is 12.8 Å². The molecule has 6 N–H and O–H groups in total. The van der Waals surface area contributed by atoms with Crippen molar-refractivity contribution in [3.63, 3.8) is 0 Å². The molecule has 1 amide bonds. The number of aliphatic hydroxyl groups excluding tert-OH is 1. The molecule has 0 aromatic heterocycles. The number of rotatable bonds is 8. The van der Waals surface area contributed by atoms with Crippen LogP contribution in [0.25, 0.3) is 0 Å². The third kappa shape index (κ3) is 5.37. The highest BCUT2D eigenvalue weighted by atomic mass is 16.3. The van der Waals surface area contributed by atoms with Crippen molar-refractivity contribution in [2.24, 2.45) is 17.4 Å². The van der Waals surface area contributed by atoms with Gasteiger partial charge < -0.3 is 21.7 Å². The van der Waals surface area contributed by atoms with Crippen LogP contribution in [0.4, 0.5) is 0 Å². The van der Waals surface area contributed by atoms with Crippen molar-refractivity contribution in [2.45, 2.75) is 31.4 Å². The number of hydrogen-bond acceptors (Lipinski definition) is 4. The third-order valence-corrected chi connectivity index (χ3v) is 4.16. The first kappa shape index (κ1) is 18.0. The van der Waals surface area contributed by atoms with E-state index in [1.54, 1.807) is 24.3 Å². The summed E-state index contributed by atoms with van der Waals surface area (Å²) in [6.07, 6.45) is 0.335. The molecular formula is C19H24N2O3. The summed E-state index contributed by atoms with van der Waals surface area (Å²) in [5, 5.41) is 19.7. The van der Waals surface area contributed by atoms with Crippen molar-refractivity contribution in [3.8, 4) is 5.75 Å². The summed E-state index contributed by atoms with van der Waals surface area (Å²) in [7, 11) is 0. The number of aliphatic hydroxyl groups is 1. The van der Waals surface area contributed by atoms with Gasteiger partial charge in [0.2, 0.25) is 5.91 Å². The van der Waals surface area contributed by atoms with E-state index < -0.39 is 24.0 Å². The van der Waals surface area contributed by atoms with Crippen LogP contribution in [-0.4, -0.2) is 28.3 Å². The molecule has 0 heterocycles. The predicted octanol–water partition coefficient (Wildman–Crippen LogP) is 1.36. The molecular weight excluding hydrogens is 304 g/mol. The van der Waals surface area contributed by atoms with Gasteiger partial charge in [0.25, 0.3) is 0 Å². The number of primary amides is 1. The first-order valence-corrected chi connectivity index (χ1v) is 8.00. The summed E-state index contributed by atoms with van der Waals surface area (Å²) >= 11 is 0. The smallest absolute Gasteiger partial charge is 0.220 e. The largest absolute Gasteiger partial charge is 0.508 e. The zero-order chi connectivity index (χ0) is 17.5. The first-order chi connectivity index (χ1) is 11.5. The van der Waals surface area contributed by atoms with Gasteiger partial charge in [-0.25, -0.2) is 0 Å². The maximum atomic E-state index is 11.7. The van der Waals surface area contributed by atoms with E-state index in [-0.39, 0.29) is 12.2 Å². The third-order valence-electron chi connectivity index (χ3n) is 4.16. The van der Waals surface area contributed by atoms with Gasteiger partial charge in [0, 0.05) is 12.0 Å². The second-order valence-electron chi connectivity index (χ2n) is 6.13. The highest BCUT2D eigenvalue weighted by Gasteiger charge is 2.24. The summed E-state index contributed by atoms with van der Waals surface area (Å²) in [6, 6.07) is 15.8. The quantitative estimate of drug-likeness (QED) is 0.586. The average Bonchev–Trinajstić information content (AvgIpc) is 2.56. The molecule has 0 saturated heterocycles. The highest BCUT2D eigenvalue weighted by molar-refractivity contribution is 5.77. The molecule has 5 heteroatoms. The fourth-order valence-corrected chi connectivity index (χ4v) is 2.71. The second kappa shape index (κ2) is 8.47. The van der Waals surface area contributed by atoms with Crippen molar-refractivity contribution in [3.05, 3.63) is 65.7 Å². The van der Waals surface area contributed by atoms with Crippen molar-refractivity contribution >= 4 is 5.91 Å². The van der Waals surface area contributed by atoms with E-state index in [1.165, 1.54) is 0 Å². The maximum Gasteiger partial charge on any atom is 0.220 e. The van der Waals surface area contributed by atoms with Gasteiger partial charge in [-0.2, -0.15) is 0 Å². The highest BCUT2D eigenvalue weighted by Crippen LogP contribution is 2.18. The number of aromatic hydroxyl groups is 1. The Morgan fingerprint density at radius 1 is 0.958 bits per heavy atom. The molecule has 0 saturated carbocycles. The average molecular weight is 328 g/mol. The Kier molecular flexibility index (Phi) is 6.35. The van der Waals surface area contributed by atoms with Crippen molar-refractivity contribution < 1.29 is 15.0 Å².